The van der Waals surface area contributed by atoms with Crippen molar-refractivity contribution in [3.63, 3.8) is 0 Å². The molecule has 7 aromatic carbocycles. The second-order valence-corrected chi connectivity index (χ2v) is 11.7. The van der Waals surface area contributed by atoms with Gasteiger partial charge in [0.25, 0.3) is 6.71 Å². The molecule has 0 saturated heterocycles. The first kappa shape index (κ1) is 22.4. The van der Waals surface area contributed by atoms with E-state index in [0.29, 0.717) is 0 Å². The highest BCUT2D eigenvalue weighted by atomic mass is 15.2. The van der Waals surface area contributed by atoms with Crippen molar-refractivity contribution in [1.82, 2.24) is 0 Å². The lowest BCUT2D eigenvalue weighted by molar-refractivity contribution is 1.19. The van der Waals surface area contributed by atoms with E-state index in [4.69, 9.17) is 0 Å². The number of benzene rings is 7. The van der Waals surface area contributed by atoms with Crippen molar-refractivity contribution < 1.29 is 0 Å². The molecular formula is C39H25BN2. The summed E-state index contributed by atoms with van der Waals surface area (Å²) in [6.45, 7) is 0.175. The van der Waals surface area contributed by atoms with Gasteiger partial charge in [-0.25, -0.2) is 0 Å². The van der Waals surface area contributed by atoms with Crippen molar-refractivity contribution in [1.29, 1.82) is 0 Å². The summed E-state index contributed by atoms with van der Waals surface area (Å²) >= 11 is 0. The van der Waals surface area contributed by atoms with E-state index in [0.717, 1.165) is 6.42 Å². The van der Waals surface area contributed by atoms with Crippen LogP contribution >= 0.6 is 0 Å². The number of hydrogen-bond acceptors (Lipinski definition) is 2. The SMILES string of the molecule is c1ccc(N2c3cccc4c3B3c5c2cc2ccccc2c5Cc2c3c(cc3ccccc23)N4c2ccccc2)cc1. The normalized spacial score (nSPS) is 14.0. The minimum absolute atomic E-state index is 0.175. The largest absolute Gasteiger partial charge is 0.311 e. The molecule has 194 valence electrons. The Morgan fingerprint density at radius 2 is 0.857 bits per heavy atom. The summed E-state index contributed by atoms with van der Waals surface area (Å²) in [6.07, 6.45) is 0.923. The van der Waals surface area contributed by atoms with Crippen molar-refractivity contribution in [2.45, 2.75) is 6.42 Å². The van der Waals surface area contributed by atoms with E-state index in [2.05, 4.69) is 149 Å². The van der Waals surface area contributed by atoms with Crippen LogP contribution in [0.5, 0.6) is 0 Å². The van der Waals surface area contributed by atoms with Gasteiger partial charge < -0.3 is 9.80 Å². The van der Waals surface area contributed by atoms with Crippen molar-refractivity contribution >= 4 is 78.8 Å². The third-order valence-electron chi connectivity index (χ3n) is 9.63. The zero-order valence-corrected chi connectivity index (χ0v) is 23.0. The topological polar surface area (TPSA) is 6.48 Å². The molecule has 0 atom stereocenters. The minimum atomic E-state index is 0.175. The average Bonchev–Trinajstić information content (AvgIpc) is 3.05. The first-order valence-corrected chi connectivity index (χ1v) is 14.8. The number of rotatable bonds is 2. The maximum Gasteiger partial charge on any atom is 0.252 e. The van der Waals surface area contributed by atoms with Gasteiger partial charge in [-0.2, -0.15) is 0 Å². The first-order valence-electron chi connectivity index (χ1n) is 14.8. The summed E-state index contributed by atoms with van der Waals surface area (Å²) < 4.78 is 0. The molecule has 0 unspecified atom stereocenters. The Hall–Kier alpha value is -5.28. The molecule has 42 heavy (non-hydrogen) atoms. The van der Waals surface area contributed by atoms with E-state index in [-0.39, 0.29) is 6.71 Å². The van der Waals surface area contributed by atoms with Crippen LogP contribution in [-0.4, -0.2) is 6.71 Å². The highest BCUT2D eigenvalue weighted by Crippen LogP contribution is 2.47. The molecular weight excluding hydrogens is 507 g/mol. The monoisotopic (exact) mass is 532 g/mol. The van der Waals surface area contributed by atoms with Gasteiger partial charge >= 0.3 is 0 Å². The van der Waals surface area contributed by atoms with Crippen molar-refractivity contribution in [3.8, 4) is 0 Å². The predicted molar refractivity (Wildman–Crippen MR) is 178 cm³/mol. The van der Waals surface area contributed by atoms with Crippen LogP contribution < -0.4 is 26.2 Å². The fourth-order valence-corrected chi connectivity index (χ4v) is 8.05. The zero-order valence-electron chi connectivity index (χ0n) is 23.0. The van der Waals surface area contributed by atoms with E-state index in [9.17, 15) is 0 Å². The lowest BCUT2D eigenvalue weighted by atomic mass is 9.30. The lowest BCUT2D eigenvalue weighted by Crippen LogP contribution is -2.64. The van der Waals surface area contributed by atoms with Gasteiger partial charge in [0.15, 0.2) is 0 Å². The average molecular weight is 532 g/mol. The second-order valence-electron chi connectivity index (χ2n) is 11.7. The van der Waals surface area contributed by atoms with Gasteiger partial charge in [0.2, 0.25) is 0 Å². The zero-order chi connectivity index (χ0) is 27.4. The summed E-state index contributed by atoms with van der Waals surface area (Å²) in [5, 5.41) is 5.35. The molecule has 10 rings (SSSR count). The molecule has 3 aliphatic heterocycles. The first-order chi connectivity index (χ1) is 20.9. The van der Waals surface area contributed by atoms with Crippen LogP contribution in [0.25, 0.3) is 21.5 Å². The lowest BCUT2D eigenvalue weighted by Gasteiger charge is -2.47. The Bertz CT molecular complexity index is 2090. The summed E-state index contributed by atoms with van der Waals surface area (Å²) in [6, 6.07) is 51.5. The van der Waals surface area contributed by atoms with E-state index < -0.39 is 0 Å². The van der Waals surface area contributed by atoms with E-state index in [1.165, 1.54) is 83.2 Å². The van der Waals surface area contributed by atoms with Crippen LogP contribution in [0.2, 0.25) is 0 Å². The molecule has 0 amide bonds. The molecule has 0 fully saturated rings. The van der Waals surface area contributed by atoms with Crippen LogP contribution in [0, 0.1) is 0 Å². The Labute approximate surface area is 245 Å². The van der Waals surface area contributed by atoms with Gasteiger partial charge in [-0.3, -0.25) is 0 Å². The summed E-state index contributed by atoms with van der Waals surface area (Å²) in [7, 11) is 0. The molecule has 0 spiro atoms. The number of fused-ring (bicyclic) bond motifs is 4. The highest BCUT2D eigenvalue weighted by Gasteiger charge is 2.47. The van der Waals surface area contributed by atoms with Crippen LogP contribution in [-0.2, 0) is 6.42 Å². The van der Waals surface area contributed by atoms with E-state index in [1.54, 1.807) is 0 Å². The van der Waals surface area contributed by atoms with Crippen LogP contribution in [0.3, 0.4) is 0 Å². The number of para-hydroxylation sites is 2. The fourth-order valence-electron chi connectivity index (χ4n) is 8.05. The fraction of sp³-hybridized carbons (Fsp3) is 0.0256. The van der Waals surface area contributed by atoms with Crippen molar-refractivity contribution in [3.05, 3.63) is 151 Å². The Kier molecular flexibility index (Phi) is 4.35. The molecule has 0 radical (unpaired) electrons. The third kappa shape index (κ3) is 2.80. The van der Waals surface area contributed by atoms with Crippen molar-refractivity contribution in [2.75, 3.05) is 9.80 Å². The number of hydrogen-bond donors (Lipinski definition) is 0. The van der Waals surface area contributed by atoms with E-state index >= 15 is 0 Å². The Morgan fingerprint density at radius 3 is 1.36 bits per heavy atom. The molecule has 3 heteroatoms. The summed E-state index contributed by atoms with van der Waals surface area (Å²) in [5.41, 5.74) is 14.8. The van der Waals surface area contributed by atoms with Gasteiger partial charge in [-0.15, -0.1) is 0 Å². The molecule has 2 nitrogen and oxygen atoms in total. The van der Waals surface area contributed by atoms with E-state index in [1.807, 2.05) is 0 Å². The second kappa shape index (κ2) is 8.14. The molecule has 3 aliphatic rings. The molecule has 0 N–H and O–H groups in total. The summed E-state index contributed by atoms with van der Waals surface area (Å²) in [5.74, 6) is 0. The summed E-state index contributed by atoms with van der Waals surface area (Å²) in [4.78, 5) is 5.03. The predicted octanol–water partition coefficient (Wildman–Crippen LogP) is 7.98. The van der Waals surface area contributed by atoms with Gasteiger partial charge in [0.1, 0.15) is 0 Å². The Morgan fingerprint density at radius 1 is 0.405 bits per heavy atom. The number of anilines is 6. The van der Waals surface area contributed by atoms with Gasteiger partial charge in [0, 0.05) is 34.1 Å². The standard InChI is InChI=1S/C39H25BN2/c1-3-14-27(15-4-1)41-33-20-11-21-34-39(33)40-37-31(29-18-9-7-12-25(29)22-35(37)41)24-32-30-19-10-8-13-26(30)23-36(38(32)40)42(34)28-16-5-2-6-17-28/h1-23H,24H2. The molecule has 7 aromatic rings. The van der Waals surface area contributed by atoms with Gasteiger partial charge in [-0.1, -0.05) is 91.0 Å². The molecule has 3 heterocycles. The van der Waals surface area contributed by atoms with Gasteiger partial charge in [0.05, 0.1) is 0 Å². The Balaban J connectivity index is 1.41. The van der Waals surface area contributed by atoms with Crippen LogP contribution in [0.15, 0.2) is 140 Å². The van der Waals surface area contributed by atoms with Crippen molar-refractivity contribution in [2.24, 2.45) is 0 Å². The molecule has 0 saturated carbocycles. The highest BCUT2D eigenvalue weighted by molar-refractivity contribution is 7.01. The minimum Gasteiger partial charge on any atom is -0.311 e. The molecule has 0 bridgehead atoms. The molecule has 0 aromatic heterocycles. The van der Waals surface area contributed by atoms with Gasteiger partial charge in [-0.05, 0) is 104 Å². The maximum absolute atomic E-state index is 2.51. The third-order valence-corrected chi connectivity index (χ3v) is 9.63. The smallest absolute Gasteiger partial charge is 0.252 e. The molecule has 0 aliphatic carbocycles. The van der Waals surface area contributed by atoms with Crippen LogP contribution in [0.4, 0.5) is 34.1 Å². The van der Waals surface area contributed by atoms with Crippen LogP contribution in [0.1, 0.15) is 11.1 Å². The maximum atomic E-state index is 2.51. The quantitative estimate of drug-likeness (QED) is 0.208. The number of nitrogens with zero attached hydrogens (tertiary/aromatic N) is 2.